The average molecular weight is 543 g/mol. The fourth-order valence-electron chi connectivity index (χ4n) is 3.26. The van der Waals surface area contributed by atoms with Gasteiger partial charge in [-0.05, 0) is 0 Å². The van der Waals surface area contributed by atoms with Gasteiger partial charge in [-0.25, -0.2) is 8.37 Å². The Kier molecular flexibility index (Phi) is 9.68. The predicted molar refractivity (Wildman–Crippen MR) is 101 cm³/mol. The fourth-order valence-corrected chi connectivity index (χ4v) is 3.87. The standard InChI is InChI=1S/C14H25NO17S2/c1-4(16)15-7-9(18)12(6(30-13(7)21)3-29-34(25,26)27)32-14-11(20)10(19)8(17)5(31-14)2-28-33(22,23)24/h5-14,17-21H,2-3H2,1H3,(H,15,16)(H,22,23,24)(H,25,26,27). The van der Waals surface area contributed by atoms with Gasteiger partial charge in [-0.2, -0.15) is 16.8 Å². The number of aliphatic hydroxyl groups excluding tert-OH is 5. The lowest BCUT2D eigenvalue weighted by Crippen LogP contribution is -2.67. The van der Waals surface area contributed by atoms with Crippen LogP contribution in [0, 0.1) is 0 Å². The molecule has 200 valence electrons. The lowest BCUT2D eigenvalue weighted by atomic mass is 9.95. The van der Waals surface area contributed by atoms with Crippen molar-refractivity contribution in [2.24, 2.45) is 0 Å². The Labute approximate surface area is 192 Å². The molecule has 0 aromatic heterocycles. The largest absolute Gasteiger partial charge is 0.397 e. The van der Waals surface area contributed by atoms with Crippen molar-refractivity contribution >= 4 is 26.7 Å². The van der Waals surface area contributed by atoms with E-state index in [9.17, 15) is 47.2 Å². The summed E-state index contributed by atoms with van der Waals surface area (Å²) in [5, 5.41) is 53.1. The zero-order valence-corrected chi connectivity index (χ0v) is 18.9. The van der Waals surface area contributed by atoms with Crippen LogP contribution in [-0.2, 0) is 48.2 Å². The van der Waals surface area contributed by atoms with Crippen molar-refractivity contribution in [3.63, 3.8) is 0 Å². The predicted octanol–water partition coefficient (Wildman–Crippen LogP) is -5.60. The maximum Gasteiger partial charge on any atom is 0.397 e. The van der Waals surface area contributed by atoms with Crippen molar-refractivity contribution in [3.8, 4) is 0 Å². The molecule has 2 heterocycles. The van der Waals surface area contributed by atoms with Crippen LogP contribution in [0.1, 0.15) is 6.92 Å². The molecule has 0 radical (unpaired) electrons. The van der Waals surface area contributed by atoms with E-state index in [1.165, 1.54) is 0 Å². The lowest BCUT2D eigenvalue weighted by Gasteiger charge is -2.46. The molecule has 0 aromatic rings. The number of aliphatic hydroxyl groups is 5. The summed E-state index contributed by atoms with van der Waals surface area (Å²) in [4.78, 5) is 11.4. The molecule has 0 aliphatic carbocycles. The first-order valence-corrected chi connectivity index (χ1v) is 12.1. The van der Waals surface area contributed by atoms with Crippen LogP contribution >= 0.6 is 0 Å². The van der Waals surface area contributed by atoms with Crippen molar-refractivity contribution in [1.29, 1.82) is 0 Å². The van der Waals surface area contributed by atoms with Gasteiger partial charge in [0.1, 0.15) is 48.8 Å². The van der Waals surface area contributed by atoms with Crippen molar-refractivity contribution in [2.45, 2.75) is 68.3 Å². The molecule has 8 N–H and O–H groups in total. The van der Waals surface area contributed by atoms with Crippen molar-refractivity contribution in [2.75, 3.05) is 13.2 Å². The molecule has 2 aliphatic rings. The molecule has 2 fully saturated rings. The van der Waals surface area contributed by atoms with Gasteiger partial charge in [0.2, 0.25) is 5.91 Å². The summed E-state index contributed by atoms with van der Waals surface area (Å²) in [5.41, 5.74) is 0. The zero-order chi connectivity index (χ0) is 26.0. The Balaban J connectivity index is 2.27. The second-order valence-electron chi connectivity index (χ2n) is 7.32. The third kappa shape index (κ3) is 7.96. The van der Waals surface area contributed by atoms with E-state index in [1.54, 1.807) is 0 Å². The first-order valence-electron chi connectivity index (χ1n) is 9.37. The van der Waals surface area contributed by atoms with Gasteiger partial charge >= 0.3 is 20.8 Å². The number of nitrogens with one attached hydrogen (secondary N) is 1. The van der Waals surface area contributed by atoms with Gasteiger partial charge in [-0.3, -0.25) is 13.9 Å². The summed E-state index contributed by atoms with van der Waals surface area (Å²) in [5.74, 6) is -0.729. The van der Waals surface area contributed by atoms with Crippen molar-refractivity contribution in [3.05, 3.63) is 0 Å². The first-order chi connectivity index (χ1) is 15.5. The molecule has 0 saturated carbocycles. The Morgan fingerprint density at radius 1 is 0.824 bits per heavy atom. The van der Waals surface area contributed by atoms with Crippen LogP contribution in [0.3, 0.4) is 0 Å². The summed E-state index contributed by atoms with van der Waals surface area (Å²) in [6.45, 7) is -1.06. The lowest BCUT2D eigenvalue weighted by molar-refractivity contribution is -0.344. The van der Waals surface area contributed by atoms with Crippen LogP contribution in [-0.4, -0.2) is 132 Å². The quantitative estimate of drug-likeness (QED) is 0.126. The number of ether oxygens (including phenoxy) is 3. The summed E-state index contributed by atoms with van der Waals surface area (Å²) < 4.78 is 84.7. The molecule has 1 amide bonds. The number of rotatable bonds is 9. The highest BCUT2D eigenvalue weighted by Gasteiger charge is 2.51. The number of carbonyl (C=O) groups is 1. The average Bonchev–Trinajstić information content (AvgIpc) is 2.69. The molecule has 34 heavy (non-hydrogen) atoms. The third-order valence-corrected chi connectivity index (χ3v) is 5.65. The van der Waals surface area contributed by atoms with Crippen LogP contribution in [0.25, 0.3) is 0 Å². The number of amides is 1. The zero-order valence-electron chi connectivity index (χ0n) is 17.2. The van der Waals surface area contributed by atoms with E-state index in [-0.39, 0.29) is 0 Å². The van der Waals surface area contributed by atoms with E-state index >= 15 is 0 Å². The second kappa shape index (κ2) is 11.3. The SMILES string of the molecule is CC(=O)NC1C(O)OC(COS(=O)(=O)O)C(OC2OC(COS(=O)(=O)O)C(O)C(O)C2O)C1O. The second-order valence-corrected chi connectivity index (χ2v) is 9.50. The molecule has 0 aromatic carbocycles. The molecule has 2 saturated heterocycles. The van der Waals surface area contributed by atoms with Crippen LogP contribution in [0.2, 0.25) is 0 Å². The van der Waals surface area contributed by atoms with E-state index in [0.29, 0.717) is 0 Å². The number of hydrogen-bond donors (Lipinski definition) is 8. The highest BCUT2D eigenvalue weighted by atomic mass is 32.3. The Morgan fingerprint density at radius 3 is 1.85 bits per heavy atom. The van der Waals surface area contributed by atoms with E-state index in [0.717, 1.165) is 6.92 Å². The Bertz CT molecular complexity index is 911. The van der Waals surface area contributed by atoms with Crippen LogP contribution in [0.5, 0.6) is 0 Å². The highest BCUT2D eigenvalue weighted by Crippen LogP contribution is 2.29. The van der Waals surface area contributed by atoms with Gasteiger partial charge in [0.25, 0.3) is 0 Å². The highest BCUT2D eigenvalue weighted by molar-refractivity contribution is 7.81. The normalized spacial score (nSPS) is 39.5. The van der Waals surface area contributed by atoms with Gasteiger partial charge in [0.15, 0.2) is 12.6 Å². The summed E-state index contributed by atoms with van der Waals surface area (Å²) in [6.07, 6.45) is -17.0. The monoisotopic (exact) mass is 543 g/mol. The summed E-state index contributed by atoms with van der Waals surface area (Å²) in [7, 11) is -10.0. The maximum atomic E-state index is 11.4. The van der Waals surface area contributed by atoms with Crippen molar-refractivity contribution < 1.29 is 78.8 Å². The van der Waals surface area contributed by atoms with Gasteiger partial charge in [-0.1, -0.05) is 0 Å². The maximum absolute atomic E-state index is 11.4. The van der Waals surface area contributed by atoms with E-state index in [1.807, 2.05) is 0 Å². The third-order valence-electron chi connectivity index (χ3n) is 4.78. The van der Waals surface area contributed by atoms with Gasteiger partial charge in [0, 0.05) is 6.92 Å². The molecule has 10 unspecified atom stereocenters. The first kappa shape index (κ1) is 29.1. The Hall–Kier alpha value is -1.11. The van der Waals surface area contributed by atoms with Crippen molar-refractivity contribution in [1.82, 2.24) is 5.32 Å². The smallest absolute Gasteiger partial charge is 0.388 e. The van der Waals surface area contributed by atoms with E-state index in [4.69, 9.17) is 23.3 Å². The molecular formula is C14H25NO17S2. The van der Waals surface area contributed by atoms with Crippen LogP contribution in [0.15, 0.2) is 0 Å². The number of carbonyl (C=O) groups excluding carboxylic acids is 1. The van der Waals surface area contributed by atoms with Crippen LogP contribution in [0.4, 0.5) is 0 Å². The molecule has 0 spiro atoms. The fraction of sp³-hybridized carbons (Fsp3) is 0.929. The summed E-state index contributed by atoms with van der Waals surface area (Å²) in [6, 6.07) is -1.56. The van der Waals surface area contributed by atoms with Gasteiger partial charge in [0.05, 0.1) is 13.2 Å². The topological polar surface area (TPSA) is 285 Å². The summed E-state index contributed by atoms with van der Waals surface area (Å²) >= 11 is 0. The Morgan fingerprint density at radius 2 is 1.35 bits per heavy atom. The molecule has 2 rings (SSSR count). The molecule has 18 nitrogen and oxygen atoms in total. The minimum absolute atomic E-state index is 0.729. The number of hydrogen-bond acceptors (Lipinski definition) is 15. The molecule has 0 bridgehead atoms. The van der Waals surface area contributed by atoms with Gasteiger partial charge in [-0.15, -0.1) is 0 Å². The van der Waals surface area contributed by atoms with E-state index in [2.05, 4.69) is 13.7 Å². The molecule has 10 atom stereocenters. The minimum atomic E-state index is -5.02. The molecule has 2 aliphatic heterocycles. The molecular weight excluding hydrogens is 518 g/mol. The van der Waals surface area contributed by atoms with Gasteiger partial charge < -0.3 is 45.1 Å². The molecule has 20 heteroatoms. The van der Waals surface area contributed by atoms with Crippen LogP contribution < -0.4 is 5.32 Å². The van der Waals surface area contributed by atoms with E-state index < -0.39 is 101 Å². The minimum Gasteiger partial charge on any atom is -0.388 e.